The van der Waals surface area contributed by atoms with E-state index in [-0.39, 0.29) is 0 Å². The predicted octanol–water partition coefficient (Wildman–Crippen LogP) is 1.68. The predicted molar refractivity (Wildman–Crippen MR) is 60.2 cm³/mol. The lowest BCUT2D eigenvalue weighted by Gasteiger charge is -2.21. The maximum absolute atomic E-state index is 9.18. The van der Waals surface area contributed by atoms with Gasteiger partial charge in [0.05, 0.1) is 12.5 Å². The highest BCUT2D eigenvalue weighted by Gasteiger charge is 2.26. The van der Waals surface area contributed by atoms with Gasteiger partial charge in [0.15, 0.2) is 0 Å². The first kappa shape index (κ1) is 12.5. The van der Waals surface area contributed by atoms with Crippen LogP contribution >= 0.6 is 0 Å². The molecule has 0 saturated heterocycles. The fourth-order valence-corrected chi connectivity index (χ4v) is 2.41. The molecule has 0 aliphatic heterocycles. The maximum atomic E-state index is 9.18. The van der Waals surface area contributed by atoms with Gasteiger partial charge in [0.1, 0.15) is 0 Å². The Morgan fingerprint density at radius 3 is 2.80 bits per heavy atom. The number of aliphatic hydroxyl groups excluding tert-OH is 1. The number of hydrogen-bond donors (Lipinski definition) is 2. The van der Waals surface area contributed by atoms with E-state index in [9.17, 15) is 5.11 Å². The normalized spacial score (nSPS) is 27.5. The lowest BCUT2D eigenvalue weighted by atomic mass is 9.96. The van der Waals surface area contributed by atoms with E-state index in [1.807, 2.05) is 0 Å². The molecule has 1 rings (SSSR count). The van der Waals surface area contributed by atoms with Crippen LogP contribution in [0.15, 0.2) is 0 Å². The van der Waals surface area contributed by atoms with Gasteiger partial charge in [-0.15, -0.1) is 0 Å². The molecule has 2 N–H and O–H groups in total. The third kappa shape index (κ3) is 3.81. The Morgan fingerprint density at radius 1 is 1.47 bits per heavy atom. The SMILES string of the molecule is CCC(CC#N)NCC1CCCC1CO. The fraction of sp³-hybridized carbons (Fsp3) is 0.917. The van der Waals surface area contributed by atoms with Gasteiger partial charge in [-0.1, -0.05) is 13.3 Å². The van der Waals surface area contributed by atoms with E-state index in [4.69, 9.17) is 5.26 Å². The molecule has 0 heterocycles. The van der Waals surface area contributed by atoms with Crippen LogP contribution in [0.1, 0.15) is 39.0 Å². The number of hydrogen-bond acceptors (Lipinski definition) is 3. The van der Waals surface area contributed by atoms with Gasteiger partial charge in [0.25, 0.3) is 0 Å². The molecular formula is C12H22N2O. The lowest BCUT2D eigenvalue weighted by molar-refractivity contribution is 0.190. The molecule has 0 radical (unpaired) electrons. The van der Waals surface area contributed by atoms with Crippen LogP contribution < -0.4 is 5.32 Å². The number of aliphatic hydroxyl groups is 1. The van der Waals surface area contributed by atoms with E-state index in [0.29, 0.717) is 30.9 Å². The van der Waals surface area contributed by atoms with Gasteiger partial charge >= 0.3 is 0 Å². The lowest BCUT2D eigenvalue weighted by Crippen LogP contribution is -2.34. The van der Waals surface area contributed by atoms with E-state index in [1.54, 1.807) is 0 Å². The van der Waals surface area contributed by atoms with Crippen LogP contribution in [0.5, 0.6) is 0 Å². The summed E-state index contributed by atoms with van der Waals surface area (Å²) in [6.07, 6.45) is 5.23. The third-order valence-electron chi connectivity index (χ3n) is 3.55. The van der Waals surface area contributed by atoms with Crippen LogP contribution in [-0.4, -0.2) is 24.3 Å². The average Bonchev–Trinajstić information content (AvgIpc) is 2.71. The first-order valence-corrected chi connectivity index (χ1v) is 6.03. The molecule has 1 saturated carbocycles. The molecule has 86 valence electrons. The highest BCUT2D eigenvalue weighted by Crippen LogP contribution is 2.30. The maximum Gasteiger partial charge on any atom is 0.0638 e. The van der Waals surface area contributed by atoms with Crippen molar-refractivity contribution in [3.8, 4) is 6.07 Å². The largest absolute Gasteiger partial charge is 0.396 e. The zero-order valence-electron chi connectivity index (χ0n) is 9.58. The van der Waals surface area contributed by atoms with E-state index >= 15 is 0 Å². The molecule has 15 heavy (non-hydrogen) atoms. The third-order valence-corrected chi connectivity index (χ3v) is 3.55. The summed E-state index contributed by atoms with van der Waals surface area (Å²) >= 11 is 0. The number of rotatable bonds is 6. The Kier molecular flexibility index (Phi) is 5.67. The topological polar surface area (TPSA) is 56.0 Å². The summed E-state index contributed by atoms with van der Waals surface area (Å²) in [7, 11) is 0. The Balaban J connectivity index is 2.26. The van der Waals surface area contributed by atoms with Crippen LogP contribution in [0, 0.1) is 23.2 Å². The summed E-state index contributed by atoms with van der Waals surface area (Å²) in [6, 6.07) is 2.54. The van der Waals surface area contributed by atoms with Crippen molar-refractivity contribution in [2.24, 2.45) is 11.8 Å². The molecule has 0 aromatic heterocycles. The van der Waals surface area contributed by atoms with E-state index in [1.165, 1.54) is 12.8 Å². The first-order valence-electron chi connectivity index (χ1n) is 6.03. The second-order valence-corrected chi connectivity index (χ2v) is 4.51. The molecule has 0 bridgehead atoms. The Hall–Kier alpha value is -0.590. The first-order chi connectivity index (χ1) is 7.31. The molecule has 3 heteroatoms. The van der Waals surface area contributed by atoms with E-state index < -0.39 is 0 Å². The van der Waals surface area contributed by atoms with Crippen molar-refractivity contribution in [3.05, 3.63) is 0 Å². The van der Waals surface area contributed by atoms with Crippen molar-refractivity contribution < 1.29 is 5.11 Å². The second-order valence-electron chi connectivity index (χ2n) is 4.51. The van der Waals surface area contributed by atoms with Crippen LogP contribution in [0.3, 0.4) is 0 Å². The Labute approximate surface area is 92.5 Å². The summed E-state index contributed by atoms with van der Waals surface area (Å²) in [4.78, 5) is 0. The van der Waals surface area contributed by atoms with Gasteiger partial charge in [-0.3, -0.25) is 0 Å². The number of nitrogens with zero attached hydrogens (tertiary/aromatic N) is 1. The smallest absolute Gasteiger partial charge is 0.0638 e. The molecular weight excluding hydrogens is 188 g/mol. The van der Waals surface area contributed by atoms with Crippen LogP contribution in [0.25, 0.3) is 0 Å². The highest BCUT2D eigenvalue weighted by atomic mass is 16.3. The molecule has 0 aromatic carbocycles. The molecule has 1 aliphatic rings. The fourth-order valence-electron chi connectivity index (χ4n) is 2.41. The zero-order chi connectivity index (χ0) is 11.1. The van der Waals surface area contributed by atoms with Crippen LogP contribution in [-0.2, 0) is 0 Å². The van der Waals surface area contributed by atoms with Crippen molar-refractivity contribution in [1.82, 2.24) is 5.32 Å². The minimum atomic E-state index is 0.321. The highest BCUT2D eigenvalue weighted by molar-refractivity contribution is 4.83. The van der Waals surface area contributed by atoms with Gasteiger partial charge in [-0.05, 0) is 37.6 Å². The van der Waals surface area contributed by atoms with Crippen molar-refractivity contribution in [2.75, 3.05) is 13.2 Å². The van der Waals surface area contributed by atoms with Gasteiger partial charge in [0, 0.05) is 12.6 Å². The minimum Gasteiger partial charge on any atom is -0.396 e. The van der Waals surface area contributed by atoms with Crippen molar-refractivity contribution in [3.63, 3.8) is 0 Å². The monoisotopic (exact) mass is 210 g/mol. The number of nitriles is 1. The number of nitrogens with one attached hydrogen (secondary N) is 1. The second kappa shape index (κ2) is 6.81. The van der Waals surface area contributed by atoms with Gasteiger partial charge < -0.3 is 10.4 Å². The molecule has 3 atom stereocenters. The average molecular weight is 210 g/mol. The van der Waals surface area contributed by atoms with Crippen molar-refractivity contribution in [2.45, 2.75) is 45.1 Å². The summed E-state index contributed by atoms with van der Waals surface area (Å²) in [5.41, 5.74) is 0. The zero-order valence-corrected chi connectivity index (χ0v) is 9.58. The van der Waals surface area contributed by atoms with Gasteiger partial charge in [0.2, 0.25) is 0 Å². The van der Waals surface area contributed by atoms with Gasteiger partial charge in [-0.25, -0.2) is 0 Å². The minimum absolute atomic E-state index is 0.321. The molecule has 0 spiro atoms. The summed E-state index contributed by atoms with van der Waals surface area (Å²) in [5.74, 6) is 1.10. The summed E-state index contributed by atoms with van der Waals surface area (Å²) < 4.78 is 0. The molecule has 0 amide bonds. The summed E-state index contributed by atoms with van der Waals surface area (Å²) in [6.45, 7) is 3.39. The van der Waals surface area contributed by atoms with Crippen molar-refractivity contribution in [1.29, 1.82) is 5.26 Å². The van der Waals surface area contributed by atoms with Crippen LogP contribution in [0.2, 0.25) is 0 Å². The van der Waals surface area contributed by atoms with Crippen molar-refractivity contribution >= 4 is 0 Å². The quantitative estimate of drug-likeness (QED) is 0.701. The van der Waals surface area contributed by atoms with Crippen LogP contribution in [0.4, 0.5) is 0 Å². The molecule has 3 unspecified atom stereocenters. The molecule has 3 nitrogen and oxygen atoms in total. The molecule has 0 aromatic rings. The molecule has 1 aliphatic carbocycles. The Bertz CT molecular complexity index is 212. The standard InChI is InChI=1S/C12H22N2O/c1-2-12(6-7-13)14-8-10-4-3-5-11(10)9-15/h10-12,14-15H,2-6,8-9H2,1H3. The van der Waals surface area contributed by atoms with E-state index in [0.717, 1.165) is 19.4 Å². The molecule has 1 fully saturated rings. The Morgan fingerprint density at radius 2 is 2.20 bits per heavy atom. The van der Waals surface area contributed by atoms with Gasteiger partial charge in [-0.2, -0.15) is 5.26 Å². The summed E-state index contributed by atoms with van der Waals surface area (Å²) in [5, 5.41) is 21.3. The van der Waals surface area contributed by atoms with E-state index in [2.05, 4.69) is 18.3 Å².